The van der Waals surface area contributed by atoms with Crippen LogP contribution < -0.4 is 14.7 Å². The number of carbonyl (C=O) groups is 1. The summed E-state index contributed by atoms with van der Waals surface area (Å²) in [6.45, 7) is 1.49. The molecule has 0 aliphatic carbocycles. The molecule has 176 valence electrons. The van der Waals surface area contributed by atoms with E-state index in [0.717, 1.165) is 11.1 Å². The average Bonchev–Trinajstić information content (AvgIpc) is 3.09. The number of nitrogens with two attached hydrogens (primary N) is 1. The van der Waals surface area contributed by atoms with E-state index in [9.17, 15) is 13.2 Å². The fourth-order valence-electron chi connectivity index (χ4n) is 3.89. The first kappa shape index (κ1) is 23.3. The largest absolute Gasteiger partial charge is 0.497 e. The number of ether oxygens (including phenoxy) is 1. The molecule has 2 N–H and O–H groups in total. The number of amides is 1. The molecule has 3 aromatic carbocycles. The Morgan fingerprint density at radius 2 is 1.53 bits per heavy atom. The number of methoxy groups -OCH3 is 1. The van der Waals surface area contributed by atoms with Crippen LogP contribution in [-0.2, 0) is 20.5 Å². The van der Waals surface area contributed by atoms with Crippen molar-refractivity contribution in [1.82, 2.24) is 4.90 Å². The summed E-state index contributed by atoms with van der Waals surface area (Å²) in [6.07, 6.45) is 0. The first-order chi connectivity index (χ1) is 16.2. The van der Waals surface area contributed by atoms with E-state index in [1.54, 1.807) is 32.4 Å². The van der Waals surface area contributed by atoms with E-state index in [2.05, 4.69) is 4.99 Å². The van der Waals surface area contributed by atoms with Crippen molar-refractivity contribution in [3.8, 4) is 22.6 Å². The van der Waals surface area contributed by atoms with E-state index in [-0.39, 0.29) is 23.4 Å². The van der Waals surface area contributed by atoms with Gasteiger partial charge in [0.05, 0.1) is 12.9 Å². The van der Waals surface area contributed by atoms with Gasteiger partial charge in [0.25, 0.3) is 5.91 Å². The van der Waals surface area contributed by atoms with Gasteiger partial charge in [-0.15, -0.1) is 0 Å². The molecule has 1 amide bonds. The molecule has 1 aliphatic rings. The highest BCUT2D eigenvalue weighted by molar-refractivity contribution is 7.87. The monoisotopic (exact) mass is 479 g/mol. The van der Waals surface area contributed by atoms with Gasteiger partial charge in [-0.1, -0.05) is 42.5 Å². The van der Waals surface area contributed by atoms with Gasteiger partial charge >= 0.3 is 10.1 Å². The third-order valence-corrected chi connectivity index (χ3v) is 6.91. The van der Waals surface area contributed by atoms with Gasteiger partial charge in [0.2, 0.25) is 0 Å². The third-order valence-electron chi connectivity index (χ3n) is 5.75. The minimum Gasteiger partial charge on any atom is -0.497 e. The van der Waals surface area contributed by atoms with Crippen LogP contribution >= 0.6 is 0 Å². The Hall–Kier alpha value is -3.85. The minimum atomic E-state index is -3.75. The van der Waals surface area contributed by atoms with Crippen molar-refractivity contribution >= 4 is 22.0 Å². The highest BCUT2D eigenvalue weighted by Gasteiger charge is 2.49. The molecule has 1 heterocycles. The molecule has 0 aromatic heterocycles. The van der Waals surface area contributed by atoms with Gasteiger partial charge in [-0.05, 0) is 59.5 Å². The number of guanidine groups is 1. The number of aliphatic imine (C=N–C) groups is 1. The Kier molecular flexibility index (Phi) is 6.05. The topological polar surface area (TPSA) is 111 Å². The highest BCUT2D eigenvalue weighted by atomic mass is 32.2. The molecule has 3 aromatic rings. The number of nitrogens with zero attached hydrogens (tertiary/aromatic N) is 2. The summed E-state index contributed by atoms with van der Waals surface area (Å²) in [7, 11) is -0.597. The molecule has 0 fully saturated rings. The molecule has 34 heavy (non-hydrogen) atoms. The van der Waals surface area contributed by atoms with E-state index in [1.165, 1.54) is 24.0 Å². The fraction of sp³-hybridized carbons (Fsp3) is 0.200. The first-order valence-corrected chi connectivity index (χ1v) is 12.2. The summed E-state index contributed by atoms with van der Waals surface area (Å²) in [5.41, 5.74) is 7.36. The van der Waals surface area contributed by atoms with Crippen molar-refractivity contribution in [3.63, 3.8) is 0 Å². The molecule has 4 rings (SSSR count). The van der Waals surface area contributed by atoms with E-state index in [1.807, 2.05) is 42.5 Å². The third kappa shape index (κ3) is 4.10. The molecule has 0 radical (unpaired) electrons. The van der Waals surface area contributed by atoms with Gasteiger partial charge in [-0.2, -0.15) is 8.42 Å². The minimum absolute atomic E-state index is 0.0595. The molecule has 0 bridgehead atoms. The van der Waals surface area contributed by atoms with Gasteiger partial charge < -0.3 is 14.7 Å². The van der Waals surface area contributed by atoms with Crippen molar-refractivity contribution in [1.29, 1.82) is 0 Å². The molecule has 0 spiro atoms. The summed E-state index contributed by atoms with van der Waals surface area (Å²) in [5, 5.41) is 0. The molecule has 1 aliphatic heterocycles. The van der Waals surface area contributed by atoms with E-state index >= 15 is 0 Å². The lowest BCUT2D eigenvalue weighted by Gasteiger charge is -2.27. The van der Waals surface area contributed by atoms with Crippen LogP contribution in [-0.4, -0.2) is 45.1 Å². The predicted octanol–water partition coefficient (Wildman–Crippen LogP) is 3.12. The van der Waals surface area contributed by atoms with Gasteiger partial charge in [0.15, 0.2) is 11.5 Å². The lowest BCUT2D eigenvalue weighted by molar-refractivity contribution is -0.129. The second-order valence-electron chi connectivity index (χ2n) is 7.81. The molecule has 9 heteroatoms. The van der Waals surface area contributed by atoms with Gasteiger partial charge in [-0.25, -0.2) is 4.99 Å². The fourth-order valence-corrected chi connectivity index (χ4v) is 4.40. The number of carbonyl (C=O) groups excluding carboxylic acids is 1. The summed E-state index contributed by atoms with van der Waals surface area (Å²) in [5.74, 6) is 0.322. The van der Waals surface area contributed by atoms with E-state index < -0.39 is 15.7 Å². The lowest BCUT2D eigenvalue weighted by atomic mass is 9.81. The van der Waals surface area contributed by atoms with Crippen LogP contribution in [0.2, 0.25) is 0 Å². The maximum Gasteiger partial charge on any atom is 0.308 e. The van der Waals surface area contributed by atoms with E-state index in [4.69, 9.17) is 14.7 Å². The standard InChI is InChI=1S/C25H25N3O5S/c1-4-34(30,31)33-22-13-7-11-20(16-22)25(23(29)28(2)24(26)27-25)19-10-5-8-17(14-19)18-9-6-12-21(15-18)32-3/h5-16H,4H2,1-3H3,(H2,26,27). The SMILES string of the molecule is CCS(=O)(=O)Oc1cccc(C2(c3cccc(-c4cccc(OC)c4)c3)N=C(N)N(C)C2=O)c1. The van der Waals surface area contributed by atoms with Crippen molar-refractivity contribution in [2.75, 3.05) is 19.9 Å². The zero-order chi connectivity index (χ0) is 24.5. The zero-order valence-electron chi connectivity index (χ0n) is 19.1. The summed E-state index contributed by atoms with van der Waals surface area (Å²) >= 11 is 0. The normalized spacial score (nSPS) is 18.0. The average molecular weight is 480 g/mol. The van der Waals surface area contributed by atoms with Crippen molar-refractivity contribution in [2.45, 2.75) is 12.5 Å². The molecule has 8 nitrogen and oxygen atoms in total. The number of benzene rings is 3. The quantitative estimate of drug-likeness (QED) is 0.521. The molecule has 1 atom stereocenters. The number of likely N-dealkylation sites (N-methyl/N-ethyl adjacent to an activating group) is 1. The highest BCUT2D eigenvalue weighted by Crippen LogP contribution is 2.41. The Morgan fingerprint density at radius 1 is 0.941 bits per heavy atom. The second kappa shape index (κ2) is 8.83. The Labute approximate surface area is 198 Å². The predicted molar refractivity (Wildman–Crippen MR) is 130 cm³/mol. The van der Waals surface area contributed by atoms with E-state index in [0.29, 0.717) is 16.9 Å². The molecule has 1 unspecified atom stereocenters. The van der Waals surface area contributed by atoms with Crippen molar-refractivity contribution in [2.24, 2.45) is 10.7 Å². The maximum absolute atomic E-state index is 13.6. The van der Waals surface area contributed by atoms with Crippen LogP contribution in [0.5, 0.6) is 11.5 Å². The van der Waals surface area contributed by atoms with Gasteiger partial charge in [0.1, 0.15) is 11.5 Å². The Bertz CT molecular complexity index is 1390. The van der Waals surface area contributed by atoms with Gasteiger partial charge in [-0.3, -0.25) is 9.69 Å². The molecule has 0 saturated carbocycles. The zero-order valence-corrected chi connectivity index (χ0v) is 19.9. The number of hydrogen-bond donors (Lipinski definition) is 1. The molecular weight excluding hydrogens is 454 g/mol. The van der Waals surface area contributed by atoms with Crippen LogP contribution in [0.3, 0.4) is 0 Å². The van der Waals surface area contributed by atoms with Crippen LogP contribution in [0.25, 0.3) is 11.1 Å². The van der Waals surface area contributed by atoms with Crippen molar-refractivity contribution in [3.05, 3.63) is 83.9 Å². The Morgan fingerprint density at radius 3 is 2.15 bits per heavy atom. The maximum atomic E-state index is 13.6. The van der Waals surface area contributed by atoms with Crippen LogP contribution in [0.4, 0.5) is 0 Å². The molecule has 0 saturated heterocycles. The number of hydrogen-bond acceptors (Lipinski definition) is 7. The molecular formula is C25H25N3O5S. The second-order valence-corrected chi connectivity index (χ2v) is 9.67. The summed E-state index contributed by atoms with van der Waals surface area (Å²) < 4.78 is 34.6. The van der Waals surface area contributed by atoms with Crippen LogP contribution in [0.15, 0.2) is 77.8 Å². The van der Waals surface area contributed by atoms with Gasteiger partial charge in [0, 0.05) is 7.05 Å². The Balaban J connectivity index is 1.89. The smallest absolute Gasteiger partial charge is 0.308 e. The summed E-state index contributed by atoms with van der Waals surface area (Å²) in [6, 6.07) is 21.4. The number of rotatable bonds is 7. The summed E-state index contributed by atoms with van der Waals surface area (Å²) in [4.78, 5) is 19.5. The first-order valence-electron chi connectivity index (χ1n) is 10.6. The van der Waals surface area contributed by atoms with Crippen LogP contribution in [0.1, 0.15) is 18.1 Å². The van der Waals surface area contributed by atoms with Crippen molar-refractivity contribution < 1.29 is 22.1 Å². The van der Waals surface area contributed by atoms with Crippen LogP contribution in [0, 0.1) is 0 Å². The lowest BCUT2D eigenvalue weighted by Crippen LogP contribution is -2.41.